The molecule has 0 saturated heterocycles. The maximum atomic E-state index is 5.98. The monoisotopic (exact) mass is 167 g/mol. The summed E-state index contributed by atoms with van der Waals surface area (Å²) >= 11 is 0. The Labute approximate surface area is 73.4 Å². The van der Waals surface area contributed by atoms with Gasteiger partial charge in [-0.15, -0.1) is 0 Å². The molecule has 1 unspecified atom stereocenters. The number of rotatable bonds is 2. The Morgan fingerprint density at radius 3 is 2.67 bits per heavy atom. The molecule has 1 heterocycles. The highest BCUT2D eigenvalue weighted by molar-refractivity contribution is 4.93. The van der Waals surface area contributed by atoms with Crippen LogP contribution in [0.5, 0.6) is 0 Å². The van der Waals surface area contributed by atoms with Gasteiger partial charge in [0.15, 0.2) is 0 Å². The van der Waals surface area contributed by atoms with Gasteiger partial charge in [-0.25, -0.2) is 4.98 Å². The summed E-state index contributed by atoms with van der Waals surface area (Å²) in [4.78, 5) is 7.18. The Morgan fingerprint density at radius 2 is 2.25 bits per heavy atom. The van der Waals surface area contributed by atoms with E-state index in [1.165, 1.54) is 0 Å². The Bertz CT molecular complexity index is 220. The summed E-state index contributed by atoms with van der Waals surface area (Å²) in [5, 5.41) is 0. The number of imidazole rings is 1. The van der Waals surface area contributed by atoms with Crippen LogP contribution < -0.4 is 5.73 Å². The summed E-state index contributed by atoms with van der Waals surface area (Å²) in [6, 6.07) is 0.156. The zero-order valence-electron chi connectivity index (χ0n) is 7.96. The molecule has 0 aliphatic carbocycles. The lowest BCUT2D eigenvalue weighted by Gasteiger charge is -2.26. The number of hydrogen-bond donors (Lipinski definition) is 2. The molecule has 12 heavy (non-hydrogen) atoms. The van der Waals surface area contributed by atoms with Gasteiger partial charge in [-0.05, 0) is 5.41 Å². The molecule has 0 bridgehead atoms. The Balaban J connectivity index is 2.53. The fourth-order valence-corrected chi connectivity index (χ4v) is 0.924. The first-order chi connectivity index (χ1) is 5.50. The van der Waals surface area contributed by atoms with E-state index in [1.807, 2.05) is 6.20 Å². The predicted molar refractivity (Wildman–Crippen MR) is 49.7 cm³/mol. The molecule has 3 nitrogen and oxygen atoms in total. The quantitative estimate of drug-likeness (QED) is 0.698. The van der Waals surface area contributed by atoms with Crippen LogP contribution in [-0.2, 0) is 6.42 Å². The van der Waals surface area contributed by atoms with Crippen LogP contribution in [0, 0.1) is 5.41 Å². The molecule has 0 radical (unpaired) electrons. The summed E-state index contributed by atoms with van der Waals surface area (Å²) in [7, 11) is 0. The van der Waals surface area contributed by atoms with E-state index in [9.17, 15) is 0 Å². The lowest BCUT2D eigenvalue weighted by Crippen LogP contribution is -2.37. The van der Waals surface area contributed by atoms with Gasteiger partial charge < -0.3 is 10.7 Å². The number of nitrogens with one attached hydrogen (secondary N) is 1. The zero-order valence-corrected chi connectivity index (χ0v) is 7.96. The molecule has 0 amide bonds. The van der Waals surface area contributed by atoms with Gasteiger partial charge in [0.2, 0.25) is 0 Å². The fraction of sp³-hybridized carbons (Fsp3) is 0.667. The van der Waals surface area contributed by atoms with Crippen LogP contribution in [0.15, 0.2) is 12.4 Å². The second-order valence-electron chi connectivity index (χ2n) is 4.21. The number of H-pyrrole nitrogens is 1. The third kappa shape index (κ3) is 2.34. The van der Waals surface area contributed by atoms with Gasteiger partial charge in [-0.2, -0.15) is 0 Å². The molecule has 3 N–H and O–H groups in total. The maximum absolute atomic E-state index is 5.98. The molecular weight excluding hydrogens is 150 g/mol. The average molecular weight is 167 g/mol. The molecule has 1 atom stereocenters. The lowest BCUT2D eigenvalue weighted by atomic mass is 9.85. The highest BCUT2D eigenvalue weighted by Crippen LogP contribution is 2.19. The number of nitrogens with two attached hydrogens (primary N) is 1. The van der Waals surface area contributed by atoms with Crippen molar-refractivity contribution in [3.63, 3.8) is 0 Å². The normalized spacial score (nSPS) is 14.7. The molecule has 0 fully saturated rings. The molecular formula is C9H17N3. The number of nitrogens with zero attached hydrogens (tertiary/aromatic N) is 1. The van der Waals surface area contributed by atoms with Crippen LogP contribution in [0.25, 0.3) is 0 Å². The SMILES string of the molecule is CC(C)(C)C(N)Cc1ncc[nH]1. The van der Waals surface area contributed by atoms with Crippen LogP contribution in [0.1, 0.15) is 26.6 Å². The molecule has 1 aromatic heterocycles. The van der Waals surface area contributed by atoms with Gasteiger partial charge >= 0.3 is 0 Å². The molecule has 0 saturated carbocycles. The largest absolute Gasteiger partial charge is 0.349 e. The van der Waals surface area contributed by atoms with Gasteiger partial charge in [0.25, 0.3) is 0 Å². The van der Waals surface area contributed by atoms with Crippen LogP contribution in [0.4, 0.5) is 0 Å². The van der Waals surface area contributed by atoms with E-state index in [0.29, 0.717) is 0 Å². The van der Waals surface area contributed by atoms with Crippen molar-refractivity contribution < 1.29 is 0 Å². The molecule has 1 rings (SSSR count). The first kappa shape index (κ1) is 9.26. The van der Waals surface area contributed by atoms with Crippen molar-refractivity contribution in [3.05, 3.63) is 18.2 Å². The Kier molecular flexibility index (Phi) is 2.52. The van der Waals surface area contributed by atoms with Crippen molar-refractivity contribution in [1.29, 1.82) is 0 Å². The molecule has 0 aliphatic rings. The van der Waals surface area contributed by atoms with Crippen molar-refractivity contribution in [2.75, 3.05) is 0 Å². The lowest BCUT2D eigenvalue weighted by molar-refractivity contribution is 0.315. The highest BCUT2D eigenvalue weighted by atomic mass is 14.9. The summed E-state index contributed by atoms with van der Waals surface area (Å²) in [5.74, 6) is 0.970. The van der Waals surface area contributed by atoms with E-state index in [1.54, 1.807) is 6.20 Å². The van der Waals surface area contributed by atoms with Crippen molar-refractivity contribution in [2.45, 2.75) is 33.2 Å². The van der Waals surface area contributed by atoms with E-state index in [-0.39, 0.29) is 11.5 Å². The van der Waals surface area contributed by atoms with Crippen LogP contribution in [0.3, 0.4) is 0 Å². The van der Waals surface area contributed by atoms with Crippen molar-refractivity contribution >= 4 is 0 Å². The van der Waals surface area contributed by atoms with Gasteiger partial charge in [-0.1, -0.05) is 20.8 Å². The van der Waals surface area contributed by atoms with E-state index < -0.39 is 0 Å². The summed E-state index contributed by atoms with van der Waals surface area (Å²) in [6.45, 7) is 6.42. The van der Waals surface area contributed by atoms with Gasteiger partial charge in [0.1, 0.15) is 5.82 Å². The molecule has 68 valence electrons. The average Bonchev–Trinajstić information content (AvgIpc) is 2.37. The first-order valence-corrected chi connectivity index (χ1v) is 4.24. The molecule has 1 aromatic rings. The van der Waals surface area contributed by atoms with Gasteiger partial charge in [0.05, 0.1) is 0 Å². The molecule has 0 aliphatic heterocycles. The van der Waals surface area contributed by atoms with Gasteiger partial charge in [-0.3, -0.25) is 0 Å². The smallest absolute Gasteiger partial charge is 0.107 e. The van der Waals surface area contributed by atoms with Crippen molar-refractivity contribution in [1.82, 2.24) is 9.97 Å². The minimum Gasteiger partial charge on any atom is -0.349 e. The summed E-state index contributed by atoms with van der Waals surface area (Å²) in [6.07, 6.45) is 4.39. The van der Waals surface area contributed by atoms with Crippen LogP contribution in [0.2, 0.25) is 0 Å². The number of aromatic nitrogens is 2. The first-order valence-electron chi connectivity index (χ1n) is 4.24. The van der Waals surface area contributed by atoms with E-state index in [0.717, 1.165) is 12.2 Å². The molecule has 0 spiro atoms. The van der Waals surface area contributed by atoms with Crippen LogP contribution >= 0.6 is 0 Å². The minimum atomic E-state index is 0.146. The van der Waals surface area contributed by atoms with Crippen molar-refractivity contribution in [3.8, 4) is 0 Å². The zero-order chi connectivity index (χ0) is 9.19. The van der Waals surface area contributed by atoms with Gasteiger partial charge in [0, 0.05) is 24.9 Å². The second-order valence-corrected chi connectivity index (χ2v) is 4.21. The third-order valence-electron chi connectivity index (χ3n) is 2.08. The minimum absolute atomic E-state index is 0.146. The maximum Gasteiger partial charge on any atom is 0.107 e. The van der Waals surface area contributed by atoms with E-state index >= 15 is 0 Å². The second kappa shape index (κ2) is 3.27. The topological polar surface area (TPSA) is 54.7 Å². The number of aromatic amines is 1. The Hall–Kier alpha value is -0.830. The fourth-order valence-electron chi connectivity index (χ4n) is 0.924. The molecule has 3 heteroatoms. The standard InChI is InChI=1S/C9H17N3/c1-9(2,3)7(10)6-8-11-4-5-12-8/h4-5,7H,6,10H2,1-3H3,(H,11,12). The van der Waals surface area contributed by atoms with E-state index in [4.69, 9.17) is 5.73 Å². The van der Waals surface area contributed by atoms with E-state index in [2.05, 4.69) is 30.7 Å². The highest BCUT2D eigenvalue weighted by Gasteiger charge is 2.21. The van der Waals surface area contributed by atoms with Crippen LogP contribution in [-0.4, -0.2) is 16.0 Å². The molecule has 0 aromatic carbocycles. The Morgan fingerprint density at radius 1 is 1.58 bits per heavy atom. The van der Waals surface area contributed by atoms with Crippen molar-refractivity contribution in [2.24, 2.45) is 11.1 Å². The third-order valence-corrected chi connectivity index (χ3v) is 2.08. The predicted octanol–water partition coefficient (Wildman–Crippen LogP) is 1.33. The summed E-state index contributed by atoms with van der Waals surface area (Å²) < 4.78 is 0. The summed E-state index contributed by atoms with van der Waals surface area (Å²) in [5.41, 5.74) is 6.13. The number of hydrogen-bond acceptors (Lipinski definition) is 2.